The summed E-state index contributed by atoms with van der Waals surface area (Å²) in [6, 6.07) is 6.99. The van der Waals surface area contributed by atoms with Crippen LogP contribution in [0.5, 0.6) is 0 Å². The third-order valence-corrected chi connectivity index (χ3v) is 4.09. The molecule has 2 rings (SSSR count). The van der Waals surface area contributed by atoms with Gasteiger partial charge >= 0.3 is 0 Å². The molecular formula is C13H19NS. The van der Waals surface area contributed by atoms with Crippen molar-refractivity contribution >= 4 is 11.8 Å². The molecule has 1 nitrogen and oxygen atoms in total. The second-order valence-corrected chi connectivity index (χ2v) is 5.28. The highest BCUT2D eigenvalue weighted by atomic mass is 32.2. The fraction of sp³-hybridized carbons (Fsp3) is 0.538. The van der Waals surface area contributed by atoms with E-state index in [1.54, 1.807) is 5.56 Å². The van der Waals surface area contributed by atoms with E-state index in [0.29, 0.717) is 0 Å². The van der Waals surface area contributed by atoms with Crippen LogP contribution in [0.3, 0.4) is 0 Å². The van der Waals surface area contributed by atoms with Gasteiger partial charge in [0.15, 0.2) is 0 Å². The molecule has 0 unspecified atom stereocenters. The van der Waals surface area contributed by atoms with Crippen molar-refractivity contribution < 1.29 is 0 Å². The van der Waals surface area contributed by atoms with Crippen LogP contribution in [0.15, 0.2) is 23.1 Å². The summed E-state index contributed by atoms with van der Waals surface area (Å²) in [6.45, 7) is 0.820. The van der Waals surface area contributed by atoms with E-state index in [2.05, 4.69) is 18.2 Å². The molecular weight excluding hydrogens is 202 g/mol. The number of nitrogens with two attached hydrogens (primary N) is 1. The Morgan fingerprint density at radius 2 is 2.20 bits per heavy atom. The van der Waals surface area contributed by atoms with Crippen molar-refractivity contribution in [3.8, 4) is 0 Å². The predicted molar refractivity (Wildman–Crippen MR) is 67.5 cm³/mol. The molecule has 1 aliphatic rings. The molecule has 0 spiro atoms. The molecule has 0 bridgehead atoms. The van der Waals surface area contributed by atoms with Gasteiger partial charge in [0.2, 0.25) is 0 Å². The molecule has 2 heteroatoms. The Morgan fingerprint density at radius 3 is 3.07 bits per heavy atom. The smallest absolute Gasteiger partial charge is 0.0104 e. The summed E-state index contributed by atoms with van der Waals surface area (Å²) in [6.07, 6.45) is 6.17. The van der Waals surface area contributed by atoms with Crippen LogP contribution >= 0.6 is 11.8 Å². The largest absolute Gasteiger partial charge is 0.330 e. The highest BCUT2D eigenvalue weighted by molar-refractivity contribution is 7.99. The first-order chi connectivity index (χ1) is 7.40. The molecule has 0 atom stereocenters. The number of rotatable bonds is 4. The third kappa shape index (κ3) is 2.99. The van der Waals surface area contributed by atoms with E-state index in [-0.39, 0.29) is 0 Å². The minimum Gasteiger partial charge on any atom is -0.330 e. The number of aryl methyl sites for hydroxylation is 2. The number of unbranched alkanes of at least 4 members (excludes halogenated alkanes) is 1. The summed E-state index contributed by atoms with van der Waals surface area (Å²) in [7, 11) is 0. The summed E-state index contributed by atoms with van der Waals surface area (Å²) in [5.41, 5.74) is 8.56. The van der Waals surface area contributed by atoms with Crippen LogP contribution < -0.4 is 5.73 Å². The van der Waals surface area contributed by atoms with Crippen LogP contribution in [-0.4, -0.2) is 12.3 Å². The molecule has 82 valence electrons. The van der Waals surface area contributed by atoms with Gasteiger partial charge in [0.05, 0.1) is 0 Å². The van der Waals surface area contributed by atoms with Crippen molar-refractivity contribution in [1.82, 2.24) is 0 Å². The van der Waals surface area contributed by atoms with Gasteiger partial charge in [-0.2, -0.15) is 0 Å². The molecule has 0 amide bonds. The van der Waals surface area contributed by atoms with Crippen LogP contribution in [0.1, 0.15) is 30.4 Å². The molecule has 0 fully saturated rings. The second kappa shape index (κ2) is 5.57. The average molecular weight is 221 g/mol. The van der Waals surface area contributed by atoms with Crippen molar-refractivity contribution in [2.45, 2.75) is 37.0 Å². The standard InChI is InChI=1S/C13H19NS/c14-8-2-1-4-11-6-7-13-12(10-11)5-3-9-15-13/h6-7,10H,1-5,8-9,14H2. The first-order valence-corrected chi connectivity index (χ1v) is 6.83. The summed E-state index contributed by atoms with van der Waals surface area (Å²) in [4.78, 5) is 1.50. The van der Waals surface area contributed by atoms with Crippen LogP contribution in [0.4, 0.5) is 0 Å². The van der Waals surface area contributed by atoms with E-state index >= 15 is 0 Å². The highest BCUT2D eigenvalue weighted by Gasteiger charge is 2.09. The summed E-state index contributed by atoms with van der Waals surface area (Å²) >= 11 is 2.01. The lowest BCUT2D eigenvalue weighted by atomic mass is 10.0. The van der Waals surface area contributed by atoms with Crippen molar-refractivity contribution in [3.05, 3.63) is 29.3 Å². The zero-order chi connectivity index (χ0) is 10.5. The Bertz CT molecular complexity index is 322. The molecule has 0 aromatic heterocycles. The van der Waals surface area contributed by atoms with E-state index in [0.717, 1.165) is 13.0 Å². The van der Waals surface area contributed by atoms with Crippen LogP contribution in [-0.2, 0) is 12.8 Å². The lowest BCUT2D eigenvalue weighted by Gasteiger charge is -2.15. The molecule has 15 heavy (non-hydrogen) atoms. The molecule has 2 N–H and O–H groups in total. The summed E-state index contributed by atoms with van der Waals surface area (Å²) in [5.74, 6) is 1.29. The quantitative estimate of drug-likeness (QED) is 0.791. The predicted octanol–water partition coefficient (Wildman–Crippen LogP) is 3.01. The number of hydrogen-bond donors (Lipinski definition) is 1. The average Bonchev–Trinajstić information content (AvgIpc) is 2.29. The molecule has 1 heterocycles. The van der Waals surface area contributed by atoms with E-state index in [1.165, 1.54) is 41.9 Å². The van der Waals surface area contributed by atoms with Gasteiger partial charge in [-0.25, -0.2) is 0 Å². The summed E-state index contributed by atoms with van der Waals surface area (Å²) < 4.78 is 0. The second-order valence-electron chi connectivity index (χ2n) is 4.14. The lowest BCUT2D eigenvalue weighted by molar-refractivity contribution is 0.742. The van der Waals surface area contributed by atoms with Gasteiger partial charge in [-0.15, -0.1) is 11.8 Å². The maximum atomic E-state index is 5.50. The van der Waals surface area contributed by atoms with E-state index in [4.69, 9.17) is 5.73 Å². The molecule has 1 aromatic rings. The Balaban J connectivity index is 2.00. The van der Waals surface area contributed by atoms with Crippen LogP contribution in [0.2, 0.25) is 0 Å². The van der Waals surface area contributed by atoms with Gasteiger partial charge in [0.25, 0.3) is 0 Å². The van der Waals surface area contributed by atoms with Crippen molar-refractivity contribution in [1.29, 1.82) is 0 Å². The zero-order valence-corrected chi connectivity index (χ0v) is 9.98. The Kier molecular flexibility index (Phi) is 4.09. The summed E-state index contributed by atoms with van der Waals surface area (Å²) in [5, 5.41) is 0. The van der Waals surface area contributed by atoms with Crippen LogP contribution in [0, 0.1) is 0 Å². The van der Waals surface area contributed by atoms with E-state index in [9.17, 15) is 0 Å². The van der Waals surface area contributed by atoms with E-state index in [1.807, 2.05) is 11.8 Å². The zero-order valence-electron chi connectivity index (χ0n) is 9.17. The number of hydrogen-bond acceptors (Lipinski definition) is 2. The maximum absolute atomic E-state index is 5.50. The SMILES string of the molecule is NCCCCc1ccc2c(c1)CCCS2. The van der Waals surface area contributed by atoms with Crippen molar-refractivity contribution in [2.24, 2.45) is 5.73 Å². The van der Waals surface area contributed by atoms with Gasteiger partial charge in [0, 0.05) is 4.90 Å². The molecule has 0 saturated carbocycles. The van der Waals surface area contributed by atoms with Gasteiger partial charge in [-0.05, 0) is 61.6 Å². The first kappa shape index (κ1) is 11.0. The minimum absolute atomic E-state index is 0.820. The van der Waals surface area contributed by atoms with E-state index < -0.39 is 0 Å². The van der Waals surface area contributed by atoms with Gasteiger partial charge < -0.3 is 5.73 Å². The topological polar surface area (TPSA) is 26.0 Å². The normalized spacial score (nSPS) is 15.0. The highest BCUT2D eigenvalue weighted by Crippen LogP contribution is 2.30. The molecule has 0 aliphatic carbocycles. The molecule has 0 radical (unpaired) electrons. The van der Waals surface area contributed by atoms with Gasteiger partial charge in [-0.3, -0.25) is 0 Å². The monoisotopic (exact) mass is 221 g/mol. The Labute approximate surface area is 96.4 Å². The molecule has 1 aromatic carbocycles. The lowest BCUT2D eigenvalue weighted by Crippen LogP contribution is -2.01. The number of fused-ring (bicyclic) bond motifs is 1. The van der Waals surface area contributed by atoms with Gasteiger partial charge in [-0.1, -0.05) is 12.1 Å². The fourth-order valence-electron chi connectivity index (χ4n) is 2.04. The molecule has 0 saturated heterocycles. The maximum Gasteiger partial charge on any atom is 0.0104 e. The first-order valence-electron chi connectivity index (χ1n) is 5.85. The number of thioether (sulfide) groups is 1. The Hall–Kier alpha value is -0.470. The van der Waals surface area contributed by atoms with Gasteiger partial charge in [0.1, 0.15) is 0 Å². The van der Waals surface area contributed by atoms with Crippen LogP contribution in [0.25, 0.3) is 0 Å². The fourth-order valence-corrected chi connectivity index (χ4v) is 3.06. The van der Waals surface area contributed by atoms with Crippen molar-refractivity contribution in [2.75, 3.05) is 12.3 Å². The Morgan fingerprint density at radius 1 is 1.27 bits per heavy atom. The molecule has 1 aliphatic heterocycles. The third-order valence-electron chi connectivity index (χ3n) is 2.89. The number of benzene rings is 1. The minimum atomic E-state index is 0.820. The van der Waals surface area contributed by atoms with Crippen molar-refractivity contribution in [3.63, 3.8) is 0 Å².